The van der Waals surface area contributed by atoms with Crippen LogP contribution in [0.25, 0.3) is 0 Å². The number of sulfone groups is 1. The van der Waals surface area contributed by atoms with Crippen molar-refractivity contribution < 1.29 is 18.4 Å². The molecular formula is C13H17NO4S2. The molecule has 1 aromatic carbocycles. The molecule has 1 heterocycles. The lowest BCUT2D eigenvalue weighted by atomic mass is 10.0. The molecule has 1 amide bonds. The summed E-state index contributed by atoms with van der Waals surface area (Å²) in [7, 11) is -3.84. The summed E-state index contributed by atoms with van der Waals surface area (Å²) < 4.78 is 24.1. The minimum atomic E-state index is -3.84. The Morgan fingerprint density at radius 3 is 2.30 bits per heavy atom. The van der Waals surface area contributed by atoms with Crippen LogP contribution in [0.3, 0.4) is 0 Å². The normalized spacial score (nSPS) is 18.5. The van der Waals surface area contributed by atoms with E-state index in [1.807, 2.05) is 6.92 Å². The molecule has 1 aliphatic heterocycles. The molecular weight excluding hydrogens is 298 g/mol. The molecule has 1 fully saturated rings. The Kier molecular flexibility index (Phi) is 4.41. The number of benzene rings is 1. The van der Waals surface area contributed by atoms with Crippen molar-refractivity contribution in [2.75, 3.05) is 11.5 Å². The zero-order chi connectivity index (χ0) is 14.8. The van der Waals surface area contributed by atoms with E-state index in [0.29, 0.717) is 11.5 Å². The summed E-state index contributed by atoms with van der Waals surface area (Å²) in [6.45, 7) is 1.86. The highest BCUT2D eigenvalue weighted by atomic mass is 32.2. The lowest BCUT2D eigenvalue weighted by Gasteiger charge is -2.34. The number of rotatable bonds is 3. The molecule has 1 aromatic rings. The van der Waals surface area contributed by atoms with E-state index in [2.05, 4.69) is 0 Å². The smallest absolute Gasteiger partial charge is 0.265 e. The van der Waals surface area contributed by atoms with Gasteiger partial charge in [-0.25, -0.2) is 13.9 Å². The third-order valence-corrected chi connectivity index (χ3v) is 7.16. The molecule has 0 spiro atoms. The summed E-state index contributed by atoms with van der Waals surface area (Å²) in [5, 5.41) is 8.94. The van der Waals surface area contributed by atoms with Crippen molar-refractivity contribution in [3.63, 3.8) is 0 Å². The largest absolute Gasteiger partial charge is 0.289 e. The molecule has 110 valence electrons. The van der Waals surface area contributed by atoms with Crippen LogP contribution >= 0.6 is 11.8 Å². The number of hydroxylamine groups is 1. The predicted octanol–water partition coefficient (Wildman–Crippen LogP) is 1.54. The molecule has 5 nitrogen and oxygen atoms in total. The highest BCUT2D eigenvalue weighted by Crippen LogP contribution is 2.38. The fraction of sp³-hybridized carbons (Fsp3) is 0.462. The van der Waals surface area contributed by atoms with Gasteiger partial charge in [0.2, 0.25) is 0 Å². The summed E-state index contributed by atoms with van der Waals surface area (Å²) in [6, 6.07) is 6.43. The SMILES string of the molecule is Cc1ccc(S(=O)(=O)C2(C(=O)NO)CCSCC2)cc1. The van der Waals surface area contributed by atoms with Gasteiger partial charge in [0, 0.05) is 0 Å². The number of amides is 1. The number of hydrogen-bond donors (Lipinski definition) is 2. The molecule has 0 bridgehead atoms. The number of nitrogens with one attached hydrogen (secondary N) is 1. The van der Waals surface area contributed by atoms with Gasteiger partial charge in [0.05, 0.1) is 4.90 Å². The van der Waals surface area contributed by atoms with Gasteiger partial charge < -0.3 is 0 Å². The second-order valence-electron chi connectivity index (χ2n) is 4.86. The van der Waals surface area contributed by atoms with Crippen LogP contribution in [-0.4, -0.2) is 35.8 Å². The highest BCUT2D eigenvalue weighted by Gasteiger charge is 2.51. The highest BCUT2D eigenvalue weighted by molar-refractivity contribution is 7.99. The van der Waals surface area contributed by atoms with Gasteiger partial charge >= 0.3 is 0 Å². The summed E-state index contributed by atoms with van der Waals surface area (Å²) in [5.74, 6) is 0.329. The van der Waals surface area contributed by atoms with Gasteiger partial charge in [0.25, 0.3) is 5.91 Å². The first-order valence-electron chi connectivity index (χ1n) is 6.28. The van der Waals surface area contributed by atoms with E-state index < -0.39 is 20.5 Å². The van der Waals surface area contributed by atoms with Crippen molar-refractivity contribution in [1.29, 1.82) is 0 Å². The molecule has 1 aliphatic rings. The molecule has 0 aromatic heterocycles. The lowest BCUT2D eigenvalue weighted by Crippen LogP contribution is -2.53. The number of thioether (sulfide) groups is 1. The van der Waals surface area contributed by atoms with Crippen LogP contribution in [-0.2, 0) is 14.6 Å². The van der Waals surface area contributed by atoms with E-state index in [1.165, 1.54) is 17.6 Å². The average molecular weight is 315 g/mol. The van der Waals surface area contributed by atoms with Gasteiger partial charge in [-0.3, -0.25) is 10.0 Å². The standard InChI is InChI=1S/C13H17NO4S2/c1-10-2-4-11(5-3-10)20(17,18)13(12(15)14-16)6-8-19-9-7-13/h2-5,16H,6-9H2,1H3,(H,14,15). The summed E-state index contributed by atoms with van der Waals surface area (Å²) in [6.07, 6.45) is 0.417. The molecule has 2 rings (SSSR count). The molecule has 0 aliphatic carbocycles. The van der Waals surface area contributed by atoms with E-state index in [-0.39, 0.29) is 17.7 Å². The molecule has 0 atom stereocenters. The van der Waals surface area contributed by atoms with Crippen molar-refractivity contribution >= 4 is 27.5 Å². The first kappa shape index (κ1) is 15.3. The zero-order valence-electron chi connectivity index (χ0n) is 11.1. The van der Waals surface area contributed by atoms with Gasteiger partial charge in [0.1, 0.15) is 0 Å². The van der Waals surface area contributed by atoms with Crippen molar-refractivity contribution in [2.24, 2.45) is 0 Å². The minimum Gasteiger partial charge on any atom is -0.289 e. The Labute approximate surface area is 122 Å². The summed E-state index contributed by atoms with van der Waals surface area (Å²) in [5.41, 5.74) is 2.48. The number of carbonyl (C=O) groups excluding carboxylic acids is 1. The zero-order valence-corrected chi connectivity index (χ0v) is 12.8. The fourth-order valence-corrected chi connectivity index (χ4v) is 5.79. The van der Waals surface area contributed by atoms with Crippen LogP contribution in [0.4, 0.5) is 0 Å². The van der Waals surface area contributed by atoms with Gasteiger partial charge in [-0.1, -0.05) is 17.7 Å². The molecule has 1 saturated heterocycles. The van der Waals surface area contributed by atoms with Crippen molar-refractivity contribution in [1.82, 2.24) is 5.48 Å². The first-order chi connectivity index (χ1) is 9.44. The van der Waals surface area contributed by atoms with Gasteiger partial charge in [-0.2, -0.15) is 11.8 Å². The lowest BCUT2D eigenvalue weighted by molar-refractivity contribution is -0.132. The number of hydrogen-bond acceptors (Lipinski definition) is 5. The van der Waals surface area contributed by atoms with E-state index in [9.17, 15) is 13.2 Å². The number of aryl methyl sites for hydroxylation is 1. The molecule has 2 N–H and O–H groups in total. The molecule has 0 saturated carbocycles. The van der Waals surface area contributed by atoms with E-state index in [0.717, 1.165) is 5.56 Å². The summed E-state index contributed by atoms with van der Waals surface area (Å²) >= 11 is 1.61. The number of carbonyl (C=O) groups is 1. The fourth-order valence-electron chi connectivity index (χ4n) is 2.36. The monoisotopic (exact) mass is 315 g/mol. The van der Waals surface area contributed by atoms with Gasteiger partial charge in [0.15, 0.2) is 14.6 Å². The topological polar surface area (TPSA) is 83.5 Å². The Morgan fingerprint density at radius 1 is 1.25 bits per heavy atom. The second-order valence-corrected chi connectivity index (χ2v) is 8.35. The Hall–Kier alpha value is -1.05. The maximum Gasteiger partial charge on any atom is 0.265 e. The van der Waals surface area contributed by atoms with E-state index in [4.69, 9.17) is 5.21 Å². The van der Waals surface area contributed by atoms with Crippen LogP contribution in [0.2, 0.25) is 0 Å². The Morgan fingerprint density at radius 2 is 1.80 bits per heavy atom. The van der Waals surface area contributed by atoms with Gasteiger partial charge in [-0.15, -0.1) is 0 Å². The predicted molar refractivity (Wildman–Crippen MR) is 77.6 cm³/mol. The second kappa shape index (κ2) is 5.75. The first-order valence-corrected chi connectivity index (χ1v) is 8.91. The van der Waals surface area contributed by atoms with Crippen LogP contribution in [0.15, 0.2) is 29.2 Å². The maximum atomic E-state index is 12.8. The quantitative estimate of drug-likeness (QED) is 0.653. The van der Waals surface area contributed by atoms with Gasteiger partial charge in [-0.05, 0) is 43.4 Å². The van der Waals surface area contributed by atoms with Crippen LogP contribution < -0.4 is 5.48 Å². The maximum absolute atomic E-state index is 12.8. The Balaban J connectivity index is 2.52. The average Bonchev–Trinajstić information content (AvgIpc) is 2.47. The van der Waals surface area contributed by atoms with Crippen LogP contribution in [0.1, 0.15) is 18.4 Å². The minimum absolute atomic E-state index is 0.124. The van der Waals surface area contributed by atoms with Crippen molar-refractivity contribution in [3.8, 4) is 0 Å². The van der Waals surface area contributed by atoms with Crippen LogP contribution in [0.5, 0.6) is 0 Å². The molecule has 0 radical (unpaired) electrons. The van der Waals surface area contributed by atoms with E-state index in [1.54, 1.807) is 23.9 Å². The molecule has 20 heavy (non-hydrogen) atoms. The van der Waals surface area contributed by atoms with E-state index >= 15 is 0 Å². The van der Waals surface area contributed by atoms with Crippen LogP contribution in [0, 0.1) is 6.92 Å². The molecule has 7 heteroatoms. The molecule has 0 unspecified atom stereocenters. The Bertz CT molecular complexity index is 589. The third-order valence-electron chi connectivity index (χ3n) is 3.66. The van der Waals surface area contributed by atoms with Crippen molar-refractivity contribution in [3.05, 3.63) is 29.8 Å². The summed E-state index contributed by atoms with van der Waals surface area (Å²) in [4.78, 5) is 12.1. The third kappa shape index (κ3) is 2.45. The van der Waals surface area contributed by atoms with Crippen molar-refractivity contribution in [2.45, 2.75) is 29.4 Å².